The first-order valence-corrected chi connectivity index (χ1v) is 10.2. The average molecular weight is 443 g/mol. The van der Waals surface area contributed by atoms with Gasteiger partial charge in [0.2, 0.25) is 0 Å². The molecule has 1 aromatic carbocycles. The molecule has 2 aliphatic rings. The molecule has 0 amide bonds. The summed E-state index contributed by atoms with van der Waals surface area (Å²) in [6, 6.07) is 4.03. The number of nitrogens with zero attached hydrogens (tertiary/aromatic N) is 3. The predicted octanol–water partition coefficient (Wildman–Crippen LogP) is 4.02. The Bertz CT molecular complexity index is 794. The molecule has 0 saturated carbocycles. The van der Waals surface area contributed by atoms with E-state index in [1.807, 2.05) is 12.1 Å². The lowest BCUT2D eigenvalue weighted by Gasteiger charge is -2.29. The number of halogens is 2. The number of hydrogen-bond acceptors (Lipinski definition) is 6. The summed E-state index contributed by atoms with van der Waals surface area (Å²) >= 11 is 0. The van der Waals surface area contributed by atoms with Crippen LogP contribution in [0.2, 0.25) is 0 Å². The number of rotatable bonds is 5. The molecule has 2 aromatic rings. The van der Waals surface area contributed by atoms with Crippen LogP contribution in [0.25, 0.3) is 10.9 Å². The Morgan fingerprint density at radius 3 is 2.28 bits per heavy atom. The minimum Gasteiger partial charge on any atom is -0.493 e. The minimum absolute atomic E-state index is 0. The van der Waals surface area contributed by atoms with E-state index in [1.165, 1.54) is 32.1 Å². The molecule has 8 heteroatoms. The lowest BCUT2D eigenvalue weighted by atomic mass is 9.94. The number of benzene rings is 1. The zero-order chi connectivity index (χ0) is 18.6. The number of fused-ring (bicyclic) bond motifs is 1. The monoisotopic (exact) mass is 442 g/mol. The molecule has 1 N–H and O–H groups in total. The van der Waals surface area contributed by atoms with E-state index < -0.39 is 0 Å². The molecule has 0 atom stereocenters. The van der Waals surface area contributed by atoms with Gasteiger partial charge in [-0.25, -0.2) is 9.97 Å². The third-order valence-corrected chi connectivity index (χ3v) is 5.81. The Hall–Kier alpha value is -1.50. The number of piperidine rings is 2. The van der Waals surface area contributed by atoms with Gasteiger partial charge in [-0.1, -0.05) is 0 Å². The van der Waals surface area contributed by atoms with Crippen LogP contribution in [0.5, 0.6) is 11.5 Å². The highest BCUT2D eigenvalue weighted by Gasteiger charge is 2.21. The summed E-state index contributed by atoms with van der Waals surface area (Å²) in [6.45, 7) is 4.32. The van der Waals surface area contributed by atoms with Crippen molar-refractivity contribution in [3.63, 3.8) is 0 Å². The van der Waals surface area contributed by atoms with Crippen LogP contribution in [0.4, 0.5) is 5.82 Å². The highest BCUT2D eigenvalue weighted by molar-refractivity contribution is 5.92. The van der Waals surface area contributed by atoms with Crippen LogP contribution in [-0.4, -0.2) is 50.4 Å². The first-order chi connectivity index (χ1) is 13.3. The van der Waals surface area contributed by atoms with Crippen LogP contribution in [0.3, 0.4) is 0 Å². The Balaban J connectivity index is 0.00000150. The molecule has 2 fully saturated rings. The summed E-state index contributed by atoms with van der Waals surface area (Å²) in [5.74, 6) is 4.14. The van der Waals surface area contributed by atoms with Crippen molar-refractivity contribution in [1.29, 1.82) is 0 Å². The van der Waals surface area contributed by atoms with Crippen LogP contribution >= 0.6 is 24.8 Å². The lowest BCUT2D eigenvalue weighted by Crippen LogP contribution is -2.31. The van der Waals surface area contributed by atoms with Gasteiger partial charge in [0.05, 0.1) is 19.7 Å². The van der Waals surface area contributed by atoms with E-state index in [2.05, 4.69) is 10.2 Å². The van der Waals surface area contributed by atoms with Crippen molar-refractivity contribution >= 4 is 41.5 Å². The second-order valence-corrected chi connectivity index (χ2v) is 7.63. The van der Waals surface area contributed by atoms with E-state index in [-0.39, 0.29) is 24.8 Å². The van der Waals surface area contributed by atoms with Crippen molar-refractivity contribution in [2.24, 2.45) is 5.92 Å². The Kier molecular flexibility index (Phi) is 9.05. The molecule has 0 unspecified atom stereocenters. The molecule has 0 radical (unpaired) electrons. The van der Waals surface area contributed by atoms with Crippen LogP contribution in [-0.2, 0) is 6.42 Å². The first kappa shape index (κ1) is 23.8. The predicted molar refractivity (Wildman–Crippen MR) is 122 cm³/mol. The molecular weight excluding hydrogens is 411 g/mol. The first-order valence-electron chi connectivity index (χ1n) is 10.2. The number of aromatic nitrogens is 2. The van der Waals surface area contributed by atoms with E-state index in [4.69, 9.17) is 19.4 Å². The van der Waals surface area contributed by atoms with Gasteiger partial charge in [-0.3, -0.25) is 0 Å². The van der Waals surface area contributed by atoms with Crippen LogP contribution in [0, 0.1) is 5.92 Å². The normalized spacial score (nSPS) is 17.4. The van der Waals surface area contributed by atoms with Crippen LogP contribution < -0.4 is 19.7 Å². The lowest BCUT2D eigenvalue weighted by molar-refractivity contribution is 0.355. The smallest absolute Gasteiger partial charge is 0.162 e. The maximum Gasteiger partial charge on any atom is 0.162 e. The third-order valence-electron chi connectivity index (χ3n) is 5.81. The largest absolute Gasteiger partial charge is 0.493 e. The van der Waals surface area contributed by atoms with Crippen molar-refractivity contribution in [2.75, 3.05) is 45.3 Å². The summed E-state index contributed by atoms with van der Waals surface area (Å²) in [4.78, 5) is 12.4. The molecule has 2 saturated heterocycles. The van der Waals surface area contributed by atoms with Crippen molar-refractivity contribution in [1.82, 2.24) is 15.3 Å². The standard InChI is InChI=1S/C21H30N4O2.2ClH/c1-26-18-13-16-17(14-19(18)27-2)23-20(12-15-6-8-22-9-7-15)24-21(16)25-10-4-3-5-11-25;;/h13-15,22H,3-12H2,1-2H3;2*1H. The van der Waals surface area contributed by atoms with E-state index in [9.17, 15) is 0 Å². The second kappa shape index (κ2) is 11.0. The SMILES string of the molecule is COc1cc2nc(CC3CCNCC3)nc(N3CCCCC3)c2cc1OC.Cl.Cl. The van der Waals surface area contributed by atoms with Gasteiger partial charge < -0.3 is 19.7 Å². The van der Waals surface area contributed by atoms with Gasteiger partial charge in [-0.05, 0) is 57.2 Å². The summed E-state index contributed by atoms with van der Waals surface area (Å²) < 4.78 is 11.0. The highest BCUT2D eigenvalue weighted by atomic mass is 35.5. The molecule has 0 bridgehead atoms. The summed E-state index contributed by atoms with van der Waals surface area (Å²) in [5, 5.41) is 4.50. The van der Waals surface area contributed by atoms with E-state index >= 15 is 0 Å². The molecule has 3 heterocycles. The molecule has 29 heavy (non-hydrogen) atoms. The van der Waals surface area contributed by atoms with Gasteiger partial charge in [0.15, 0.2) is 11.5 Å². The summed E-state index contributed by atoms with van der Waals surface area (Å²) in [6.07, 6.45) is 7.11. The Labute approximate surface area is 185 Å². The van der Waals surface area contributed by atoms with Crippen molar-refractivity contribution in [3.8, 4) is 11.5 Å². The summed E-state index contributed by atoms with van der Waals surface area (Å²) in [7, 11) is 3.35. The highest BCUT2D eigenvalue weighted by Crippen LogP contribution is 2.36. The van der Waals surface area contributed by atoms with Crippen LogP contribution in [0.1, 0.15) is 37.9 Å². The fourth-order valence-electron chi connectivity index (χ4n) is 4.27. The Morgan fingerprint density at radius 1 is 0.966 bits per heavy atom. The molecule has 6 nitrogen and oxygen atoms in total. The zero-order valence-corrected chi connectivity index (χ0v) is 18.9. The van der Waals surface area contributed by atoms with Gasteiger partial charge in [-0.2, -0.15) is 0 Å². The van der Waals surface area contributed by atoms with E-state index in [0.29, 0.717) is 5.92 Å². The summed E-state index contributed by atoms with van der Waals surface area (Å²) in [5.41, 5.74) is 0.951. The van der Waals surface area contributed by atoms with Gasteiger partial charge in [-0.15, -0.1) is 24.8 Å². The van der Waals surface area contributed by atoms with Crippen molar-refractivity contribution < 1.29 is 9.47 Å². The maximum absolute atomic E-state index is 5.53. The molecule has 2 aliphatic heterocycles. The molecule has 162 valence electrons. The van der Waals surface area contributed by atoms with Crippen molar-refractivity contribution in [2.45, 2.75) is 38.5 Å². The maximum atomic E-state index is 5.53. The third kappa shape index (κ3) is 5.36. The molecule has 1 aromatic heterocycles. The average Bonchev–Trinajstić information content (AvgIpc) is 2.73. The topological polar surface area (TPSA) is 59.5 Å². The van der Waals surface area contributed by atoms with Crippen LogP contribution in [0.15, 0.2) is 12.1 Å². The van der Waals surface area contributed by atoms with E-state index in [0.717, 1.165) is 66.6 Å². The zero-order valence-electron chi connectivity index (χ0n) is 17.3. The molecule has 0 aliphatic carbocycles. The van der Waals surface area contributed by atoms with E-state index in [1.54, 1.807) is 14.2 Å². The number of ether oxygens (including phenoxy) is 2. The minimum atomic E-state index is 0. The number of anilines is 1. The molecule has 4 rings (SSSR count). The number of hydrogen-bond donors (Lipinski definition) is 1. The van der Waals surface area contributed by atoms with Crippen molar-refractivity contribution in [3.05, 3.63) is 18.0 Å². The van der Waals surface area contributed by atoms with Gasteiger partial charge in [0.1, 0.15) is 11.6 Å². The number of nitrogens with one attached hydrogen (secondary N) is 1. The van der Waals surface area contributed by atoms with Gasteiger partial charge in [0, 0.05) is 31.0 Å². The fraction of sp³-hybridized carbons (Fsp3) is 0.619. The van der Waals surface area contributed by atoms with Gasteiger partial charge >= 0.3 is 0 Å². The second-order valence-electron chi connectivity index (χ2n) is 7.63. The van der Waals surface area contributed by atoms with Gasteiger partial charge in [0.25, 0.3) is 0 Å². The quantitative estimate of drug-likeness (QED) is 0.753. The number of methoxy groups -OCH3 is 2. The molecular formula is C21H32Cl2N4O2. The molecule has 0 spiro atoms. The fourth-order valence-corrected chi connectivity index (χ4v) is 4.27. The Morgan fingerprint density at radius 2 is 1.62 bits per heavy atom.